The Kier molecular flexibility index (Phi) is 5.05. The van der Waals surface area contributed by atoms with E-state index in [1.54, 1.807) is 35.7 Å². The number of nitrogens with two attached hydrogens (primary N) is 1. The first-order valence-corrected chi connectivity index (χ1v) is 8.49. The van der Waals surface area contributed by atoms with Crippen molar-refractivity contribution in [3.8, 4) is 11.4 Å². The van der Waals surface area contributed by atoms with Crippen molar-refractivity contribution in [1.29, 1.82) is 0 Å². The lowest BCUT2D eigenvalue weighted by Crippen LogP contribution is -2.18. The summed E-state index contributed by atoms with van der Waals surface area (Å²) >= 11 is 7.08. The zero-order valence-electron chi connectivity index (χ0n) is 12.8. The van der Waals surface area contributed by atoms with E-state index < -0.39 is 5.91 Å². The molecule has 0 fully saturated rings. The highest BCUT2D eigenvalue weighted by molar-refractivity contribution is 7.14. The summed E-state index contributed by atoms with van der Waals surface area (Å²) in [6.45, 7) is 0.254. The number of amides is 2. The molecule has 0 unspecified atom stereocenters. The lowest BCUT2D eigenvalue weighted by molar-refractivity contribution is -0.116. The maximum Gasteiger partial charge on any atom is 0.251 e. The van der Waals surface area contributed by atoms with Crippen LogP contribution in [0.2, 0.25) is 5.02 Å². The van der Waals surface area contributed by atoms with Gasteiger partial charge in [0.1, 0.15) is 5.00 Å². The van der Waals surface area contributed by atoms with E-state index in [0.29, 0.717) is 21.4 Å². The fourth-order valence-electron chi connectivity index (χ4n) is 2.04. The van der Waals surface area contributed by atoms with Crippen LogP contribution in [0, 0.1) is 0 Å². The molecule has 0 aliphatic rings. The molecule has 128 valence electrons. The number of nitrogens with zero attached hydrogens (tertiary/aromatic N) is 4. The van der Waals surface area contributed by atoms with Crippen LogP contribution in [-0.4, -0.2) is 32.0 Å². The van der Waals surface area contributed by atoms with Crippen LogP contribution in [0.1, 0.15) is 16.8 Å². The van der Waals surface area contributed by atoms with E-state index in [4.69, 9.17) is 17.3 Å². The summed E-state index contributed by atoms with van der Waals surface area (Å²) in [6.07, 6.45) is 0.131. The lowest BCUT2D eigenvalue weighted by Gasteiger charge is -2.04. The van der Waals surface area contributed by atoms with Gasteiger partial charge in [-0.15, -0.1) is 21.5 Å². The number of aromatic nitrogens is 4. The summed E-state index contributed by atoms with van der Waals surface area (Å²) in [5.41, 5.74) is 6.32. The Labute approximate surface area is 151 Å². The van der Waals surface area contributed by atoms with Crippen LogP contribution in [0.25, 0.3) is 11.4 Å². The Bertz CT molecular complexity index is 905. The molecule has 3 aromatic rings. The molecule has 0 spiro atoms. The molecule has 0 aliphatic heterocycles. The molecule has 0 saturated heterocycles. The van der Waals surface area contributed by atoms with Gasteiger partial charge in [0.25, 0.3) is 5.91 Å². The smallest absolute Gasteiger partial charge is 0.251 e. The van der Waals surface area contributed by atoms with Crippen molar-refractivity contribution in [2.75, 3.05) is 5.32 Å². The molecule has 0 radical (unpaired) electrons. The van der Waals surface area contributed by atoms with Gasteiger partial charge >= 0.3 is 0 Å². The molecule has 1 aromatic carbocycles. The molecular formula is C15H13ClN6O2S. The second kappa shape index (κ2) is 7.41. The number of tetrazole rings is 1. The monoisotopic (exact) mass is 376 g/mol. The predicted octanol–water partition coefficient (Wildman–Crippen LogP) is 2.18. The molecule has 2 amide bonds. The van der Waals surface area contributed by atoms with Gasteiger partial charge in [-0.2, -0.15) is 4.80 Å². The van der Waals surface area contributed by atoms with E-state index in [2.05, 4.69) is 20.7 Å². The van der Waals surface area contributed by atoms with Gasteiger partial charge in [0, 0.05) is 17.0 Å². The molecular weight excluding hydrogens is 364 g/mol. The highest BCUT2D eigenvalue weighted by Crippen LogP contribution is 2.22. The normalized spacial score (nSPS) is 10.6. The molecule has 25 heavy (non-hydrogen) atoms. The van der Waals surface area contributed by atoms with Crippen molar-refractivity contribution >= 4 is 39.8 Å². The number of benzene rings is 1. The Hall–Kier alpha value is -2.78. The van der Waals surface area contributed by atoms with Crippen molar-refractivity contribution in [1.82, 2.24) is 20.2 Å². The number of primary amides is 1. The van der Waals surface area contributed by atoms with Crippen LogP contribution >= 0.6 is 22.9 Å². The third-order valence-electron chi connectivity index (χ3n) is 3.28. The predicted molar refractivity (Wildman–Crippen MR) is 94.3 cm³/mol. The zero-order chi connectivity index (χ0) is 17.8. The molecule has 0 bridgehead atoms. The quantitative estimate of drug-likeness (QED) is 0.684. The van der Waals surface area contributed by atoms with Crippen LogP contribution in [0.5, 0.6) is 0 Å². The number of hydrogen-bond donors (Lipinski definition) is 2. The highest BCUT2D eigenvalue weighted by Gasteiger charge is 2.13. The summed E-state index contributed by atoms with van der Waals surface area (Å²) < 4.78 is 0. The number of aryl methyl sites for hydroxylation is 1. The topological polar surface area (TPSA) is 116 Å². The second-order valence-electron chi connectivity index (χ2n) is 5.04. The molecule has 10 heteroatoms. The SMILES string of the molecule is NC(=O)c1ccsc1NC(=O)CCn1nnc(-c2ccc(Cl)cc2)n1. The van der Waals surface area contributed by atoms with Gasteiger partial charge in [0.15, 0.2) is 0 Å². The third-order valence-corrected chi connectivity index (χ3v) is 4.36. The Morgan fingerprint density at radius 1 is 1.24 bits per heavy atom. The Balaban J connectivity index is 1.58. The van der Waals surface area contributed by atoms with E-state index >= 15 is 0 Å². The fraction of sp³-hybridized carbons (Fsp3) is 0.133. The van der Waals surface area contributed by atoms with Gasteiger partial charge in [-0.05, 0) is 40.9 Å². The minimum atomic E-state index is -0.581. The highest BCUT2D eigenvalue weighted by atomic mass is 35.5. The van der Waals surface area contributed by atoms with E-state index in [9.17, 15) is 9.59 Å². The number of thiophene rings is 1. The molecule has 0 atom stereocenters. The Morgan fingerprint density at radius 3 is 2.72 bits per heavy atom. The van der Waals surface area contributed by atoms with Gasteiger partial charge < -0.3 is 11.1 Å². The first-order chi connectivity index (χ1) is 12.0. The first kappa shape index (κ1) is 17.1. The molecule has 8 nitrogen and oxygen atoms in total. The number of carbonyl (C=O) groups is 2. The maximum atomic E-state index is 12.0. The third kappa shape index (κ3) is 4.20. The molecule has 2 aromatic heterocycles. The van der Waals surface area contributed by atoms with Crippen molar-refractivity contribution in [2.45, 2.75) is 13.0 Å². The minimum absolute atomic E-state index is 0.131. The number of carbonyl (C=O) groups excluding carboxylic acids is 2. The molecule has 3 N–H and O–H groups in total. The van der Waals surface area contributed by atoms with Gasteiger partial charge in [-0.1, -0.05) is 11.6 Å². The maximum absolute atomic E-state index is 12.0. The zero-order valence-corrected chi connectivity index (χ0v) is 14.4. The molecule has 2 heterocycles. The first-order valence-electron chi connectivity index (χ1n) is 7.24. The number of hydrogen-bond acceptors (Lipinski definition) is 6. The van der Waals surface area contributed by atoms with Crippen molar-refractivity contribution in [3.05, 3.63) is 46.3 Å². The Morgan fingerprint density at radius 2 is 2.00 bits per heavy atom. The van der Waals surface area contributed by atoms with E-state index in [-0.39, 0.29) is 18.9 Å². The number of rotatable bonds is 6. The van der Waals surface area contributed by atoms with Crippen LogP contribution < -0.4 is 11.1 Å². The number of halogens is 1. The van der Waals surface area contributed by atoms with Crippen molar-refractivity contribution in [3.63, 3.8) is 0 Å². The summed E-state index contributed by atoms with van der Waals surface area (Å²) in [5, 5.41) is 17.5. The standard InChI is InChI=1S/C15H13ClN6O2S/c16-10-3-1-9(2-4-10)14-19-21-22(20-14)7-5-12(23)18-15-11(13(17)24)6-8-25-15/h1-4,6,8H,5,7H2,(H2,17,24)(H,18,23). The largest absolute Gasteiger partial charge is 0.366 e. The van der Waals surface area contributed by atoms with Gasteiger partial charge in [0.05, 0.1) is 12.1 Å². The number of anilines is 1. The molecule has 3 rings (SSSR count). The average Bonchev–Trinajstić information content (AvgIpc) is 3.23. The lowest BCUT2D eigenvalue weighted by atomic mass is 10.2. The van der Waals surface area contributed by atoms with Gasteiger partial charge in [-0.3, -0.25) is 9.59 Å². The van der Waals surface area contributed by atoms with Crippen molar-refractivity contribution in [2.24, 2.45) is 5.73 Å². The average molecular weight is 377 g/mol. The van der Waals surface area contributed by atoms with E-state index in [1.165, 1.54) is 16.1 Å². The summed E-state index contributed by atoms with van der Waals surface area (Å²) in [6, 6.07) is 8.63. The van der Waals surface area contributed by atoms with Crippen LogP contribution in [0.3, 0.4) is 0 Å². The summed E-state index contributed by atoms with van der Waals surface area (Å²) in [5.74, 6) is -0.399. The van der Waals surface area contributed by atoms with Crippen LogP contribution in [-0.2, 0) is 11.3 Å². The van der Waals surface area contributed by atoms with Gasteiger partial charge in [0.2, 0.25) is 11.7 Å². The molecule has 0 aliphatic carbocycles. The van der Waals surface area contributed by atoms with E-state index in [1.807, 2.05) is 0 Å². The second-order valence-corrected chi connectivity index (χ2v) is 6.39. The van der Waals surface area contributed by atoms with Gasteiger partial charge in [-0.25, -0.2) is 0 Å². The number of nitrogens with one attached hydrogen (secondary N) is 1. The van der Waals surface area contributed by atoms with Crippen LogP contribution in [0.4, 0.5) is 5.00 Å². The minimum Gasteiger partial charge on any atom is -0.366 e. The molecule has 0 saturated carbocycles. The van der Waals surface area contributed by atoms with Crippen molar-refractivity contribution < 1.29 is 9.59 Å². The summed E-state index contributed by atoms with van der Waals surface area (Å²) in [7, 11) is 0. The fourth-order valence-corrected chi connectivity index (χ4v) is 2.98. The van der Waals surface area contributed by atoms with E-state index in [0.717, 1.165) is 5.56 Å². The summed E-state index contributed by atoms with van der Waals surface area (Å²) in [4.78, 5) is 24.6. The van der Waals surface area contributed by atoms with Crippen LogP contribution in [0.15, 0.2) is 35.7 Å².